The number of benzene rings is 2. The number of hydrogen-bond donors (Lipinski definition) is 0. The maximum atomic E-state index is 12.9. The summed E-state index contributed by atoms with van der Waals surface area (Å²) < 4.78 is 13.7. The second-order valence-corrected chi connectivity index (χ2v) is 6.51. The van der Waals surface area contributed by atoms with E-state index in [0.29, 0.717) is 24.6 Å². The van der Waals surface area contributed by atoms with Crippen LogP contribution in [0, 0.1) is 0 Å². The van der Waals surface area contributed by atoms with E-state index in [1.807, 2.05) is 49.4 Å². The third kappa shape index (κ3) is 3.60. The van der Waals surface area contributed by atoms with Crippen molar-refractivity contribution in [2.45, 2.75) is 20.0 Å². The quantitative estimate of drug-likeness (QED) is 0.628. The number of ether oxygens (including phenoxy) is 2. The number of aromatic nitrogens is 2. The minimum absolute atomic E-state index is 0.00131. The minimum atomic E-state index is -0.197. The first kappa shape index (κ1) is 19.5. The molecule has 1 amide bonds. The number of hydrogen-bond acceptors (Lipinski definition) is 4. The summed E-state index contributed by atoms with van der Waals surface area (Å²) in [4.78, 5) is 27.2. The highest BCUT2D eigenvalue weighted by atomic mass is 16.5. The van der Waals surface area contributed by atoms with E-state index in [1.54, 1.807) is 30.7 Å². The average Bonchev–Trinajstić information content (AvgIpc) is 2.96. The Morgan fingerprint density at radius 1 is 1.04 bits per heavy atom. The van der Waals surface area contributed by atoms with Crippen molar-refractivity contribution in [1.82, 2.24) is 14.0 Å². The van der Waals surface area contributed by atoms with E-state index in [4.69, 9.17) is 9.47 Å². The average molecular weight is 383 g/mol. The van der Waals surface area contributed by atoms with E-state index in [1.165, 1.54) is 4.57 Å². The van der Waals surface area contributed by atoms with Gasteiger partial charge in [-0.25, -0.2) is 4.79 Å². The van der Waals surface area contributed by atoms with E-state index in [2.05, 4.69) is 0 Å². The number of likely N-dealkylation sites (N-methyl/N-ethyl adjacent to an activating group) is 1. The molecule has 0 spiro atoms. The zero-order chi connectivity index (χ0) is 20.3. The van der Waals surface area contributed by atoms with Gasteiger partial charge in [-0.2, -0.15) is 0 Å². The summed E-state index contributed by atoms with van der Waals surface area (Å²) in [6.45, 7) is 2.88. The molecule has 0 unspecified atom stereocenters. The van der Waals surface area contributed by atoms with Crippen LogP contribution in [-0.4, -0.2) is 40.7 Å². The Kier molecular flexibility index (Phi) is 5.73. The number of amides is 1. The molecule has 0 bridgehead atoms. The first-order valence-electron chi connectivity index (χ1n) is 9.13. The molecule has 0 aliphatic rings. The summed E-state index contributed by atoms with van der Waals surface area (Å²) in [7, 11) is 4.88. The lowest BCUT2D eigenvalue weighted by Gasteiger charge is -2.22. The number of imidazole rings is 1. The van der Waals surface area contributed by atoms with Crippen LogP contribution in [0.4, 0.5) is 0 Å². The maximum Gasteiger partial charge on any atom is 0.329 e. The number of para-hydroxylation sites is 2. The smallest absolute Gasteiger partial charge is 0.329 e. The Bertz CT molecular complexity index is 1050. The third-order valence-electron chi connectivity index (χ3n) is 4.90. The van der Waals surface area contributed by atoms with Crippen LogP contribution in [0.15, 0.2) is 47.3 Å². The van der Waals surface area contributed by atoms with Crippen molar-refractivity contribution in [3.63, 3.8) is 0 Å². The van der Waals surface area contributed by atoms with Gasteiger partial charge in [-0.05, 0) is 36.8 Å². The monoisotopic (exact) mass is 383 g/mol. The molecule has 1 heterocycles. The summed E-state index contributed by atoms with van der Waals surface area (Å²) in [5, 5.41) is 0. The normalized spacial score (nSPS) is 10.9. The van der Waals surface area contributed by atoms with Crippen molar-refractivity contribution in [2.24, 2.45) is 7.05 Å². The second kappa shape index (κ2) is 8.21. The lowest BCUT2D eigenvalue weighted by atomic mass is 10.2. The maximum absolute atomic E-state index is 12.9. The summed E-state index contributed by atoms with van der Waals surface area (Å²) >= 11 is 0. The lowest BCUT2D eigenvalue weighted by molar-refractivity contribution is -0.132. The molecule has 148 valence electrons. The van der Waals surface area contributed by atoms with Gasteiger partial charge >= 0.3 is 5.69 Å². The number of carbonyl (C=O) groups excluding carboxylic acids is 1. The highest BCUT2D eigenvalue weighted by Gasteiger charge is 2.18. The van der Waals surface area contributed by atoms with Crippen LogP contribution in [0.5, 0.6) is 11.5 Å². The Hall–Kier alpha value is -3.22. The van der Waals surface area contributed by atoms with E-state index >= 15 is 0 Å². The Morgan fingerprint density at radius 3 is 2.36 bits per heavy atom. The second-order valence-electron chi connectivity index (χ2n) is 6.51. The van der Waals surface area contributed by atoms with Gasteiger partial charge in [0.2, 0.25) is 5.91 Å². The van der Waals surface area contributed by atoms with Gasteiger partial charge in [0.1, 0.15) is 6.54 Å². The minimum Gasteiger partial charge on any atom is -0.493 e. The van der Waals surface area contributed by atoms with Crippen molar-refractivity contribution < 1.29 is 14.3 Å². The predicted octanol–water partition coefficient (Wildman–Crippen LogP) is 2.41. The molecule has 3 aromatic rings. The number of nitrogens with zero attached hydrogens (tertiary/aromatic N) is 3. The largest absolute Gasteiger partial charge is 0.493 e. The molecular formula is C21H25N3O4. The number of carbonyl (C=O) groups is 1. The molecule has 1 aromatic heterocycles. The molecule has 0 aliphatic heterocycles. The fourth-order valence-corrected chi connectivity index (χ4v) is 3.33. The lowest BCUT2D eigenvalue weighted by Crippen LogP contribution is -2.36. The molecule has 28 heavy (non-hydrogen) atoms. The van der Waals surface area contributed by atoms with Crippen LogP contribution in [0.3, 0.4) is 0 Å². The molecule has 0 saturated heterocycles. The molecular weight excluding hydrogens is 358 g/mol. The Labute approximate surface area is 163 Å². The summed E-state index contributed by atoms with van der Waals surface area (Å²) in [6, 6.07) is 13.1. The fourth-order valence-electron chi connectivity index (χ4n) is 3.33. The van der Waals surface area contributed by atoms with Gasteiger partial charge in [0.25, 0.3) is 0 Å². The molecule has 7 nitrogen and oxygen atoms in total. The molecule has 2 aromatic carbocycles. The molecule has 0 aliphatic carbocycles. The van der Waals surface area contributed by atoms with Crippen LogP contribution in [-0.2, 0) is 24.9 Å². The standard InChI is InChI=1S/C21H25N3O4/c1-5-23(13-15-10-11-18(27-3)19(12-15)28-4)20(25)14-24-17-9-7-6-8-16(17)22(2)21(24)26/h6-12H,5,13-14H2,1-4H3. The van der Waals surface area contributed by atoms with Crippen molar-refractivity contribution >= 4 is 16.9 Å². The molecule has 0 fully saturated rings. The van der Waals surface area contributed by atoms with Crippen LogP contribution in [0.1, 0.15) is 12.5 Å². The van der Waals surface area contributed by atoms with Gasteiger partial charge in [-0.1, -0.05) is 18.2 Å². The molecule has 7 heteroatoms. The van der Waals surface area contributed by atoms with Crippen molar-refractivity contribution in [1.29, 1.82) is 0 Å². The van der Waals surface area contributed by atoms with E-state index in [0.717, 1.165) is 16.6 Å². The highest BCUT2D eigenvalue weighted by molar-refractivity contribution is 5.81. The number of methoxy groups -OCH3 is 2. The van der Waals surface area contributed by atoms with Gasteiger partial charge < -0.3 is 14.4 Å². The van der Waals surface area contributed by atoms with Gasteiger partial charge in [0.05, 0.1) is 25.3 Å². The summed E-state index contributed by atoms with van der Waals surface area (Å²) in [5.74, 6) is 1.15. The first-order chi connectivity index (χ1) is 13.5. The van der Waals surface area contributed by atoms with Gasteiger partial charge in [-0.15, -0.1) is 0 Å². The number of fused-ring (bicyclic) bond motifs is 1. The number of rotatable bonds is 7. The van der Waals surface area contributed by atoms with Gasteiger partial charge in [-0.3, -0.25) is 13.9 Å². The molecule has 0 N–H and O–H groups in total. The van der Waals surface area contributed by atoms with E-state index in [9.17, 15) is 9.59 Å². The van der Waals surface area contributed by atoms with E-state index in [-0.39, 0.29) is 18.1 Å². The van der Waals surface area contributed by atoms with Gasteiger partial charge in [0.15, 0.2) is 11.5 Å². The summed E-state index contributed by atoms with van der Waals surface area (Å²) in [5.41, 5.74) is 2.29. The molecule has 0 atom stereocenters. The fraction of sp³-hybridized carbons (Fsp3) is 0.333. The van der Waals surface area contributed by atoms with Crippen molar-refractivity contribution in [3.05, 3.63) is 58.5 Å². The predicted molar refractivity (Wildman–Crippen MR) is 108 cm³/mol. The number of aryl methyl sites for hydroxylation is 1. The van der Waals surface area contributed by atoms with Crippen LogP contribution >= 0.6 is 0 Å². The zero-order valence-corrected chi connectivity index (χ0v) is 16.6. The summed E-state index contributed by atoms with van der Waals surface area (Å²) in [6.07, 6.45) is 0. The Balaban J connectivity index is 1.84. The third-order valence-corrected chi connectivity index (χ3v) is 4.90. The zero-order valence-electron chi connectivity index (χ0n) is 16.6. The van der Waals surface area contributed by atoms with Crippen LogP contribution in [0.2, 0.25) is 0 Å². The SMILES string of the molecule is CCN(Cc1ccc(OC)c(OC)c1)C(=O)Cn1c(=O)n(C)c2ccccc21. The van der Waals surface area contributed by atoms with Crippen molar-refractivity contribution in [3.8, 4) is 11.5 Å². The first-order valence-corrected chi connectivity index (χ1v) is 9.13. The van der Waals surface area contributed by atoms with Crippen LogP contribution in [0.25, 0.3) is 11.0 Å². The van der Waals surface area contributed by atoms with Gasteiger partial charge in [0, 0.05) is 20.1 Å². The Morgan fingerprint density at radius 2 is 1.71 bits per heavy atom. The molecule has 0 saturated carbocycles. The highest BCUT2D eigenvalue weighted by Crippen LogP contribution is 2.28. The molecule has 0 radical (unpaired) electrons. The molecule has 3 rings (SSSR count). The van der Waals surface area contributed by atoms with Crippen LogP contribution < -0.4 is 15.2 Å². The van der Waals surface area contributed by atoms with Crippen molar-refractivity contribution in [2.75, 3.05) is 20.8 Å². The topological polar surface area (TPSA) is 65.7 Å². The van der Waals surface area contributed by atoms with E-state index < -0.39 is 0 Å².